The highest BCUT2D eigenvalue weighted by Crippen LogP contribution is 2.15. The molecule has 0 aromatic carbocycles. The molecule has 1 aliphatic rings. The highest BCUT2D eigenvalue weighted by molar-refractivity contribution is 14.1. The first kappa shape index (κ1) is 11.0. The molecule has 4 nitrogen and oxygen atoms in total. The molecule has 2 heterocycles. The molecule has 0 bridgehead atoms. The van der Waals surface area contributed by atoms with Gasteiger partial charge < -0.3 is 10.1 Å². The molecular weight excluding hydrogens is 312 g/mol. The molecule has 0 amide bonds. The van der Waals surface area contributed by atoms with Crippen molar-refractivity contribution in [2.45, 2.75) is 18.7 Å². The Morgan fingerprint density at radius 1 is 1.47 bits per heavy atom. The molecule has 1 N–H and O–H groups in total. The first-order valence-corrected chi connectivity index (χ1v) is 5.84. The summed E-state index contributed by atoms with van der Waals surface area (Å²) >= 11 is 2.06. The van der Waals surface area contributed by atoms with Crippen LogP contribution in [-0.2, 0) is 0 Å². The number of nitrogens with one attached hydrogen (secondary N) is 1. The average molecular weight is 323 g/mol. The van der Waals surface area contributed by atoms with Crippen LogP contribution in [0.15, 0.2) is 12.1 Å². The van der Waals surface area contributed by atoms with E-state index in [4.69, 9.17) is 4.74 Å². The van der Waals surface area contributed by atoms with Crippen LogP contribution in [0, 0.1) is 3.70 Å². The minimum atomic E-state index is -0.924. The minimum absolute atomic E-state index is 0.381. The summed E-state index contributed by atoms with van der Waals surface area (Å²) in [6, 6.07) is 3.49. The lowest BCUT2D eigenvalue weighted by atomic mass is 10.1. The molecule has 0 unspecified atom stereocenters. The predicted octanol–water partition coefficient (Wildman–Crippen LogP) is 1.16. The number of piperidine rings is 1. The number of halogens is 2. The van der Waals surface area contributed by atoms with E-state index in [9.17, 15) is 4.39 Å². The van der Waals surface area contributed by atoms with Crippen molar-refractivity contribution >= 4 is 22.6 Å². The highest BCUT2D eigenvalue weighted by Gasteiger charge is 2.26. The van der Waals surface area contributed by atoms with Crippen molar-refractivity contribution in [3.05, 3.63) is 15.8 Å². The van der Waals surface area contributed by atoms with Gasteiger partial charge in [-0.2, -0.15) is 0 Å². The largest absolute Gasteiger partial charge is 0.469 e. The van der Waals surface area contributed by atoms with Gasteiger partial charge in [0.05, 0.1) is 0 Å². The van der Waals surface area contributed by atoms with Crippen LogP contribution in [0.25, 0.3) is 0 Å². The number of ether oxygens (including phenoxy) is 1. The summed E-state index contributed by atoms with van der Waals surface area (Å²) in [7, 11) is 0. The van der Waals surface area contributed by atoms with Crippen LogP contribution in [0.1, 0.15) is 6.42 Å². The third-order valence-electron chi connectivity index (χ3n) is 2.23. The van der Waals surface area contributed by atoms with Crippen LogP contribution in [-0.4, -0.2) is 35.6 Å². The van der Waals surface area contributed by atoms with Gasteiger partial charge in [-0.05, 0) is 41.6 Å². The number of hydrogen-bond donors (Lipinski definition) is 1. The molecule has 6 heteroatoms. The Labute approximate surface area is 101 Å². The summed E-state index contributed by atoms with van der Waals surface area (Å²) in [5.74, 6) is 0.381. The van der Waals surface area contributed by atoms with E-state index in [1.54, 1.807) is 12.1 Å². The fraction of sp³-hybridized carbons (Fsp3) is 0.556. The number of alkyl halides is 1. The van der Waals surface area contributed by atoms with E-state index in [1.165, 1.54) is 0 Å². The molecule has 1 aromatic rings. The minimum Gasteiger partial charge on any atom is -0.469 e. The first-order chi connectivity index (χ1) is 7.25. The van der Waals surface area contributed by atoms with Crippen LogP contribution >= 0.6 is 22.6 Å². The smallest absolute Gasteiger partial charge is 0.233 e. The molecule has 1 saturated heterocycles. The lowest BCUT2D eigenvalue weighted by molar-refractivity contribution is 0.0699. The van der Waals surface area contributed by atoms with Crippen LogP contribution in [0.3, 0.4) is 0 Å². The molecule has 1 aliphatic heterocycles. The van der Waals surface area contributed by atoms with Gasteiger partial charge in [-0.1, -0.05) is 0 Å². The number of rotatable bonds is 2. The Kier molecular flexibility index (Phi) is 3.68. The summed E-state index contributed by atoms with van der Waals surface area (Å²) in [6.45, 7) is 1.23. The predicted molar refractivity (Wildman–Crippen MR) is 61.5 cm³/mol. The Balaban J connectivity index is 1.98. The molecular formula is C9H11FIN3O. The van der Waals surface area contributed by atoms with Crippen LogP contribution < -0.4 is 10.1 Å². The van der Waals surface area contributed by atoms with Crippen LogP contribution in [0.2, 0.25) is 0 Å². The second kappa shape index (κ2) is 5.02. The van der Waals surface area contributed by atoms with Crippen molar-refractivity contribution in [2.24, 2.45) is 0 Å². The third kappa shape index (κ3) is 2.97. The van der Waals surface area contributed by atoms with E-state index in [-0.39, 0.29) is 0 Å². The molecule has 2 atom stereocenters. The van der Waals surface area contributed by atoms with Crippen molar-refractivity contribution in [1.82, 2.24) is 15.5 Å². The molecule has 0 aliphatic carbocycles. The number of hydrogen-bond acceptors (Lipinski definition) is 4. The third-order valence-corrected chi connectivity index (χ3v) is 2.80. The normalized spacial score (nSPS) is 26.3. The van der Waals surface area contributed by atoms with E-state index >= 15 is 0 Å². The fourth-order valence-corrected chi connectivity index (χ4v) is 1.72. The molecule has 1 fully saturated rings. The van der Waals surface area contributed by atoms with E-state index in [2.05, 4.69) is 38.1 Å². The lowest BCUT2D eigenvalue weighted by Gasteiger charge is -2.26. The van der Waals surface area contributed by atoms with Crippen molar-refractivity contribution in [1.29, 1.82) is 0 Å². The Morgan fingerprint density at radius 3 is 3.00 bits per heavy atom. The van der Waals surface area contributed by atoms with E-state index in [1.807, 2.05) is 0 Å². The van der Waals surface area contributed by atoms with Gasteiger partial charge in [0.1, 0.15) is 16.0 Å². The zero-order valence-electron chi connectivity index (χ0n) is 7.99. The van der Waals surface area contributed by atoms with Gasteiger partial charge in [0.2, 0.25) is 5.88 Å². The number of nitrogens with zero attached hydrogens (tertiary/aromatic N) is 2. The van der Waals surface area contributed by atoms with E-state index in [0.717, 1.165) is 3.70 Å². The second-order valence-corrected chi connectivity index (χ2v) is 4.46. The van der Waals surface area contributed by atoms with Crippen molar-refractivity contribution in [3.8, 4) is 5.88 Å². The summed E-state index contributed by atoms with van der Waals surface area (Å²) in [5.41, 5.74) is 0. The SMILES string of the molecule is F[C@H]1CCNC[C@@H]1Oc1ccc(I)nn1. The molecule has 15 heavy (non-hydrogen) atoms. The molecule has 1 aromatic heterocycles. The molecule has 0 radical (unpaired) electrons. The molecule has 0 saturated carbocycles. The Morgan fingerprint density at radius 2 is 2.33 bits per heavy atom. The fourth-order valence-electron chi connectivity index (χ4n) is 1.44. The maximum Gasteiger partial charge on any atom is 0.233 e. The van der Waals surface area contributed by atoms with Crippen molar-refractivity contribution < 1.29 is 9.13 Å². The zero-order valence-corrected chi connectivity index (χ0v) is 10.1. The standard InChI is InChI=1S/C9H11FIN3O/c10-6-3-4-12-5-7(6)15-9-2-1-8(11)13-14-9/h1-2,6-7,12H,3-5H2/t6-,7-/m0/s1. The molecule has 0 spiro atoms. The van der Waals surface area contributed by atoms with Gasteiger partial charge >= 0.3 is 0 Å². The molecule has 82 valence electrons. The summed E-state index contributed by atoms with van der Waals surface area (Å²) in [4.78, 5) is 0. The van der Waals surface area contributed by atoms with Crippen molar-refractivity contribution in [2.75, 3.05) is 13.1 Å². The average Bonchev–Trinajstić information content (AvgIpc) is 2.25. The monoisotopic (exact) mass is 323 g/mol. The van der Waals surface area contributed by atoms with Gasteiger partial charge in [-0.15, -0.1) is 10.2 Å². The summed E-state index contributed by atoms with van der Waals surface area (Å²) in [5, 5.41) is 10.8. The highest BCUT2D eigenvalue weighted by atomic mass is 127. The topological polar surface area (TPSA) is 47.0 Å². The quantitative estimate of drug-likeness (QED) is 0.830. The lowest BCUT2D eigenvalue weighted by Crippen LogP contribution is -2.45. The van der Waals surface area contributed by atoms with Gasteiger partial charge in [0, 0.05) is 12.6 Å². The van der Waals surface area contributed by atoms with Crippen LogP contribution in [0.5, 0.6) is 5.88 Å². The summed E-state index contributed by atoms with van der Waals surface area (Å²) in [6.07, 6.45) is -0.886. The Hall–Kier alpha value is -0.500. The van der Waals surface area contributed by atoms with E-state index < -0.39 is 12.3 Å². The van der Waals surface area contributed by atoms with E-state index in [0.29, 0.717) is 25.4 Å². The van der Waals surface area contributed by atoms with Gasteiger partial charge in [0.25, 0.3) is 0 Å². The second-order valence-electron chi connectivity index (χ2n) is 3.36. The van der Waals surface area contributed by atoms with Gasteiger partial charge in [0.15, 0.2) is 0 Å². The maximum atomic E-state index is 13.4. The first-order valence-electron chi connectivity index (χ1n) is 4.76. The molecule has 2 rings (SSSR count). The zero-order chi connectivity index (χ0) is 10.7. The van der Waals surface area contributed by atoms with Crippen molar-refractivity contribution in [3.63, 3.8) is 0 Å². The maximum absolute atomic E-state index is 13.4. The Bertz CT molecular complexity index is 322. The number of aromatic nitrogens is 2. The summed E-state index contributed by atoms with van der Waals surface area (Å²) < 4.78 is 19.6. The van der Waals surface area contributed by atoms with Crippen LogP contribution in [0.4, 0.5) is 4.39 Å². The van der Waals surface area contributed by atoms with Gasteiger partial charge in [-0.3, -0.25) is 0 Å². The van der Waals surface area contributed by atoms with Gasteiger partial charge in [-0.25, -0.2) is 4.39 Å².